The fraction of sp³-hybridized carbons (Fsp3) is 0.174. The lowest BCUT2D eigenvalue weighted by Crippen LogP contribution is -2.40. The fourth-order valence-electron chi connectivity index (χ4n) is 3.50. The molecule has 3 heterocycles. The summed E-state index contributed by atoms with van der Waals surface area (Å²) in [6.07, 6.45) is -0.279. The van der Waals surface area contributed by atoms with Crippen molar-refractivity contribution in [2.24, 2.45) is 0 Å². The number of hydrogen-bond donors (Lipinski definition) is 1. The van der Waals surface area contributed by atoms with Crippen molar-refractivity contribution in [1.82, 2.24) is 15.5 Å². The Hall–Kier alpha value is -3.87. The average molecular weight is 401 g/mol. The number of para-hydroxylation sites is 2. The number of hydrogen-bond acceptors (Lipinski definition) is 6. The van der Waals surface area contributed by atoms with Crippen molar-refractivity contribution in [3.8, 4) is 22.8 Å². The van der Waals surface area contributed by atoms with E-state index in [1.165, 1.54) is 0 Å². The number of carbonyl (C=O) groups excluding carboxylic acids is 1. The van der Waals surface area contributed by atoms with Gasteiger partial charge in [-0.1, -0.05) is 47.6 Å². The Morgan fingerprint density at radius 2 is 1.87 bits per heavy atom. The Labute approximate surface area is 172 Å². The van der Waals surface area contributed by atoms with Gasteiger partial charge < -0.3 is 19.3 Å². The van der Waals surface area contributed by atoms with Crippen LogP contribution in [0.4, 0.5) is 0 Å². The van der Waals surface area contributed by atoms with Crippen LogP contribution in [-0.2, 0) is 0 Å². The molecule has 0 radical (unpaired) electrons. The summed E-state index contributed by atoms with van der Waals surface area (Å²) in [5.74, 6) is 1.15. The molecule has 1 amide bonds. The molecule has 0 spiro atoms. The van der Waals surface area contributed by atoms with E-state index in [0.717, 1.165) is 5.56 Å². The summed E-state index contributed by atoms with van der Waals surface area (Å²) in [6, 6.07) is 18.9. The van der Waals surface area contributed by atoms with Gasteiger partial charge in [0.25, 0.3) is 11.6 Å². The normalized spacial score (nSPS) is 15.2. The van der Waals surface area contributed by atoms with Gasteiger partial charge in [0.2, 0.25) is 0 Å². The summed E-state index contributed by atoms with van der Waals surface area (Å²) in [5.41, 5.74) is 2.96. The molecule has 1 aliphatic rings. The second kappa shape index (κ2) is 7.51. The third kappa shape index (κ3) is 3.34. The van der Waals surface area contributed by atoms with Crippen LogP contribution in [0.25, 0.3) is 22.4 Å². The zero-order valence-electron chi connectivity index (χ0n) is 16.3. The number of fused-ring (bicyclic) bond motifs is 2. The SMILES string of the molecule is Cc1noc2nc(-c3ccccc3)cc(C(=O)NCC3COc4ccccc4O3)c12. The number of nitrogens with one attached hydrogen (secondary N) is 1. The van der Waals surface area contributed by atoms with E-state index < -0.39 is 0 Å². The van der Waals surface area contributed by atoms with Crippen LogP contribution in [0.5, 0.6) is 11.5 Å². The van der Waals surface area contributed by atoms with Crippen LogP contribution in [0.15, 0.2) is 65.2 Å². The van der Waals surface area contributed by atoms with E-state index in [-0.39, 0.29) is 12.0 Å². The lowest BCUT2D eigenvalue weighted by Gasteiger charge is -2.26. The molecule has 1 unspecified atom stereocenters. The molecule has 7 heteroatoms. The summed E-state index contributed by atoms with van der Waals surface area (Å²) in [5, 5.41) is 7.54. The third-order valence-electron chi connectivity index (χ3n) is 4.99. The molecular weight excluding hydrogens is 382 g/mol. The summed E-state index contributed by atoms with van der Waals surface area (Å²) in [6.45, 7) is 2.47. The fourth-order valence-corrected chi connectivity index (χ4v) is 3.50. The van der Waals surface area contributed by atoms with Gasteiger partial charge in [-0.05, 0) is 25.1 Å². The standard InChI is InChI=1S/C23H19N3O4/c1-14-21-17(11-18(25-23(21)30-26-14)15-7-3-2-4-8-15)22(27)24-12-16-13-28-19-9-5-6-10-20(19)29-16/h2-11,16H,12-13H2,1H3,(H,24,27). The van der Waals surface area contributed by atoms with Crippen molar-refractivity contribution in [2.45, 2.75) is 13.0 Å². The Morgan fingerprint density at radius 1 is 1.10 bits per heavy atom. The molecule has 0 fully saturated rings. The molecule has 150 valence electrons. The Morgan fingerprint density at radius 3 is 2.70 bits per heavy atom. The van der Waals surface area contributed by atoms with Gasteiger partial charge in [-0.25, -0.2) is 4.98 Å². The van der Waals surface area contributed by atoms with Gasteiger partial charge in [-0.3, -0.25) is 4.79 Å². The van der Waals surface area contributed by atoms with Gasteiger partial charge >= 0.3 is 0 Å². The average Bonchev–Trinajstić information content (AvgIpc) is 3.18. The second-order valence-corrected chi connectivity index (χ2v) is 7.08. The molecule has 30 heavy (non-hydrogen) atoms. The third-order valence-corrected chi connectivity index (χ3v) is 4.99. The van der Waals surface area contributed by atoms with Crippen molar-refractivity contribution in [1.29, 1.82) is 0 Å². The summed E-state index contributed by atoms with van der Waals surface area (Å²) in [4.78, 5) is 17.6. The quantitative estimate of drug-likeness (QED) is 0.560. The first kappa shape index (κ1) is 18.2. The van der Waals surface area contributed by atoms with Crippen LogP contribution < -0.4 is 14.8 Å². The number of nitrogens with zero attached hydrogens (tertiary/aromatic N) is 2. The van der Waals surface area contributed by atoms with Crippen molar-refractivity contribution in [2.75, 3.05) is 13.2 Å². The van der Waals surface area contributed by atoms with Gasteiger partial charge in [0.1, 0.15) is 12.7 Å². The Bertz CT molecular complexity index is 1220. The van der Waals surface area contributed by atoms with E-state index in [1.54, 1.807) is 13.0 Å². The molecule has 4 aromatic rings. The molecule has 5 rings (SSSR count). The van der Waals surface area contributed by atoms with Crippen molar-refractivity contribution >= 4 is 17.0 Å². The number of rotatable bonds is 4. The van der Waals surface area contributed by atoms with Crippen molar-refractivity contribution < 1.29 is 18.8 Å². The van der Waals surface area contributed by atoms with Gasteiger partial charge in [-0.2, -0.15) is 0 Å². The van der Waals surface area contributed by atoms with E-state index in [0.29, 0.717) is 52.7 Å². The smallest absolute Gasteiger partial charge is 0.259 e. The van der Waals surface area contributed by atoms with E-state index in [1.807, 2.05) is 54.6 Å². The Kier molecular flexibility index (Phi) is 4.55. The van der Waals surface area contributed by atoms with Crippen LogP contribution in [0.3, 0.4) is 0 Å². The highest BCUT2D eigenvalue weighted by Crippen LogP contribution is 2.31. The van der Waals surface area contributed by atoms with Crippen LogP contribution in [-0.4, -0.2) is 35.3 Å². The molecule has 1 aliphatic heterocycles. The number of amides is 1. The molecular formula is C23H19N3O4. The van der Waals surface area contributed by atoms with Crippen LogP contribution in [0, 0.1) is 6.92 Å². The Balaban J connectivity index is 1.40. The lowest BCUT2D eigenvalue weighted by atomic mass is 10.1. The molecule has 7 nitrogen and oxygen atoms in total. The highest BCUT2D eigenvalue weighted by Gasteiger charge is 2.23. The summed E-state index contributed by atoms with van der Waals surface area (Å²) in [7, 11) is 0. The van der Waals surface area contributed by atoms with Gasteiger partial charge in [-0.15, -0.1) is 0 Å². The topological polar surface area (TPSA) is 86.5 Å². The maximum atomic E-state index is 13.1. The first-order valence-corrected chi connectivity index (χ1v) is 9.68. The van der Waals surface area contributed by atoms with Crippen molar-refractivity contribution in [3.05, 3.63) is 71.9 Å². The number of aromatic nitrogens is 2. The highest BCUT2D eigenvalue weighted by atomic mass is 16.6. The highest BCUT2D eigenvalue weighted by molar-refractivity contribution is 6.07. The monoisotopic (exact) mass is 401 g/mol. The molecule has 1 N–H and O–H groups in total. The van der Waals surface area contributed by atoms with E-state index in [4.69, 9.17) is 14.0 Å². The second-order valence-electron chi connectivity index (χ2n) is 7.08. The minimum atomic E-state index is -0.279. The van der Waals surface area contributed by atoms with E-state index in [2.05, 4.69) is 15.5 Å². The first-order valence-electron chi connectivity index (χ1n) is 9.68. The van der Waals surface area contributed by atoms with Gasteiger partial charge in [0.05, 0.1) is 28.9 Å². The lowest BCUT2D eigenvalue weighted by molar-refractivity contribution is 0.0790. The molecule has 0 bridgehead atoms. The molecule has 0 saturated heterocycles. The summed E-state index contributed by atoms with van der Waals surface area (Å²) < 4.78 is 17.0. The minimum absolute atomic E-state index is 0.242. The zero-order chi connectivity index (χ0) is 20.5. The molecule has 2 aromatic carbocycles. The van der Waals surface area contributed by atoms with Gasteiger partial charge in [0.15, 0.2) is 11.5 Å². The summed E-state index contributed by atoms with van der Waals surface area (Å²) >= 11 is 0. The van der Waals surface area contributed by atoms with E-state index >= 15 is 0 Å². The molecule has 0 aliphatic carbocycles. The molecule has 1 atom stereocenters. The first-order chi connectivity index (χ1) is 14.7. The number of ether oxygens (including phenoxy) is 2. The predicted octanol–water partition coefficient (Wildman–Crippen LogP) is 3.77. The maximum Gasteiger partial charge on any atom is 0.259 e. The number of carbonyl (C=O) groups is 1. The van der Waals surface area contributed by atoms with Crippen LogP contribution >= 0.6 is 0 Å². The van der Waals surface area contributed by atoms with Crippen LogP contribution in [0.2, 0.25) is 0 Å². The van der Waals surface area contributed by atoms with Gasteiger partial charge in [0, 0.05) is 5.56 Å². The number of pyridine rings is 1. The predicted molar refractivity (Wildman–Crippen MR) is 111 cm³/mol. The maximum absolute atomic E-state index is 13.1. The number of aryl methyl sites for hydroxylation is 1. The van der Waals surface area contributed by atoms with Crippen LogP contribution in [0.1, 0.15) is 16.1 Å². The minimum Gasteiger partial charge on any atom is -0.486 e. The molecule has 0 saturated carbocycles. The zero-order valence-corrected chi connectivity index (χ0v) is 16.3. The molecule has 2 aromatic heterocycles. The van der Waals surface area contributed by atoms with Crippen molar-refractivity contribution in [3.63, 3.8) is 0 Å². The van der Waals surface area contributed by atoms with E-state index in [9.17, 15) is 4.79 Å². The number of benzene rings is 2. The largest absolute Gasteiger partial charge is 0.486 e.